The summed E-state index contributed by atoms with van der Waals surface area (Å²) >= 11 is 0. The van der Waals surface area contributed by atoms with Crippen molar-refractivity contribution < 1.29 is 17.9 Å². The summed E-state index contributed by atoms with van der Waals surface area (Å²) in [6.07, 6.45) is 0.691. The Morgan fingerprint density at radius 3 is 2.79 bits per heavy atom. The Balaban J connectivity index is 1.49. The van der Waals surface area contributed by atoms with Crippen LogP contribution in [-0.4, -0.2) is 78.3 Å². The van der Waals surface area contributed by atoms with Gasteiger partial charge in [-0.15, -0.1) is 0 Å². The van der Waals surface area contributed by atoms with Crippen LogP contribution in [0.2, 0.25) is 0 Å². The zero-order chi connectivity index (χ0) is 26.7. The van der Waals surface area contributed by atoms with Gasteiger partial charge >= 0.3 is 12.2 Å². The molecule has 9 nitrogen and oxygen atoms in total. The van der Waals surface area contributed by atoms with Crippen LogP contribution in [-0.2, 0) is 19.1 Å². The summed E-state index contributed by atoms with van der Waals surface area (Å²) in [5, 5.41) is 12.6. The molecule has 0 aromatic carbocycles. The molecule has 204 valence electrons. The second kappa shape index (κ2) is 11.3. The minimum Gasteiger partial charge on any atom is -0.462 e. The Hall–Kier alpha value is -3.17. The number of ether oxygens (including phenoxy) is 1. The zero-order valence-corrected chi connectivity index (χ0v) is 21.5. The Bertz CT molecular complexity index is 1170. The van der Waals surface area contributed by atoms with Crippen molar-refractivity contribution in [1.82, 2.24) is 25.2 Å². The van der Waals surface area contributed by atoms with Gasteiger partial charge in [0.15, 0.2) is 0 Å². The number of nitrogens with zero attached hydrogens (tertiary/aromatic N) is 7. The largest absolute Gasteiger partial charge is 0.462 e. The molecule has 1 N–H and O–H groups in total. The lowest BCUT2D eigenvalue weighted by atomic mass is 10.1. The lowest BCUT2D eigenvalue weighted by Crippen LogP contribution is -2.51. The molecule has 0 aliphatic carbocycles. The summed E-state index contributed by atoms with van der Waals surface area (Å²) in [7, 11) is 2.07. The smallest absolute Gasteiger partial charge is 0.419 e. The fourth-order valence-electron chi connectivity index (χ4n) is 5.59. The Morgan fingerprint density at radius 2 is 2.03 bits per heavy atom. The van der Waals surface area contributed by atoms with Crippen LogP contribution in [0, 0.1) is 11.3 Å². The fourth-order valence-corrected chi connectivity index (χ4v) is 5.59. The molecule has 2 aromatic rings. The third-order valence-corrected chi connectivity index (χ3v) is 7.61. The highest BCUT2D eigenvalue weighted by Crippen LogP contribution is 2.37. The van der Waals surface area contributed by atoms with Crippen LogP contribution in [0.3, 0.4) is 0 Å². The maximum absolute atomic E-state index is 13.8. The lowest BCUT2D eigenvalue weighted by Gasteiger charge is -2.35. The number of piperazine rings is 1. The first-order valence-electron chi connectivity index (χ1n) is 13.2. The average molecular weight is 531 g/mol. The Kier molecular flexibility index (Phi) is 7.85. The number of anilines is 2. The SMILES string of the molecule is CN1CCC[C@H]1COc1nc2c(c(N3CCN[C@@H](CC#N)C3)n1)CCCN(c1ncccc1C(F)(F)F)C2. The number of halogens is 3. The van der Waals surface area contributed by atoms with Crippen LogP contribution >= 0.6 is 0 Å². The molecular formula is C26H33F3N8O. The van der Waals surface area contributed by atoms with E-state index >= 15 is 0 Å². The third kappa shape index (κ3) is 5.78. The number of hydrogen-bond donors (Lipinski definition) is 1. The van der Waals surface area contributed by atoms with Crippen LogP contribution in [0.15, 0.2) is 18.3 Å². The van der Waals surface area contributed by atoms with E-state index in [1.807, 2.05) is 0 Å². The molecule has 2 saturated heterocycles. The van der Waals surface area contributed by atoms with E-state index in [2.05, 4.69) is 33.2 Å². The van der Waals surface area contributed by atoms with Crippen LogP contribution in [0.4, 0.5) is 24.8 Å². The first kappa shape index (κ1) is 26.4. The number of hydrogen-bond acceptors (Lipinski definition) is 9. The summed E-state index contributed by atoms with van der Waals surface area (Å²) in [6, 6.07) is 5.15. The van der Waals surface area contributed by atoms with Crippen molar-refractivity contribution in [2.45, 2.75) is 56.9 Å². The van der Waals surface area contributed by atoms with Crippen molar-refractivity contribution in [2.75, 3.05) is 56.2 Å². The predicted octanol–water partition coefficient (Wildman–Crippen LogP) is 3.01. The van der Waals surface area contributed by atoms with Crippen molar-refractivity contribution in [2.24, 2.45) is 0 Å². The molecular weight excluding hydrogens is 497 g/mol. The lowest BCUT2D eigenvalue weighted by molar-refractivity contribution is -0.137. The van der Waals surface area contributed by atoms with E-state index in [4.69, 9.17) is 14.7 Å². The Labute approximate surface area is 220 Å². The number of aromatic nitrogens is 3. The van der Waals surface area contributed by atoms with E-state index in [0.29, 0.717) is 57.7 Å². The van der Waals surface area contributed by atoms with Crippen LogP contribution in [0.5, 0.6) is 6.01 Å². The summed E-state index contributed by atoms with van der Waals surface area (Å²) < 4.78 is 47.5. The summed E-state index contributed by atoms with van der Waals surface area (Å²) in [6.45, 7) is 4.10. The van der Waals surface area contributed by atoms with Crippen molar-refractivity contribution in [3.63, 3.8) is 0 Å². The highest BCUT2D eigenvalue weighted by Gasteiger charge is 2.37. The van der Waals surface area contributed by atoms with Gasteiger partial charge in [0, 0.05) is 50.0 Å². The van der Waals surface area contributed by atoms with Gasteiger partial charge in [-0.1, -0.05) is 0 Å². The van der Waals surface area contributed by atoms with Crippen LogP contribution in [0.1, 0.15) is 42.5 Å². The predicted molar refractivity (Wildman–Crippen MR) is 136 cm³/mol. The molecule has 12 heteroatoms. The van der Waals surface area contributed by atoms with Crippen molar-refractivity contribution >= 4 is 11.6 Å². The van der Waals surface area contributed by atoms with Gasteiger partial charge < -0.3 is 24.8 Å². The first-order valence-corrected chi connectivity index (χ1v) is 13.2. The highest BCUT2D eigenvalue weighted by atomic mass is 19.4. The minimum atomic E-state index is -4.51. The fraction of sp³-hybridized carbons (Fsp3) is 0.615. The molecule has 5 rings (SSSR count). The van der Waals surface area contributed by atoms with E-state index in [0.717, 1.165) is 36.8 Å². The Morgan fingerprint density at radius 1 is 1.16 bits per heavy atom. The first-order chi connectivity index (χ1) is 18.3. The molecule has 2 fully saturated rings. The number of rotatable bonds is 6. The standard InChI is InChI=1S/C26H33F3N8O/c1-35-12-3-5-19(35)17-38-25-33-22-16-36(24-21(26(27,28)29)7-2-10-32-24)13-4-6-20(22)23(34-25)37-14-11-31-18(15-37)8-9-30/h2,7,10,18-19,31H,3-6,8,11-17H2,1H3/t18-,19-/m0/s1. The van der Waals surface area contributed by atoms with Gasteiger partial charge in [-0.2, -0.15) is 28.4 Å². The third-order valence-electron chi connectivity index (χ3n) is 7.61. The van der Waals surface area contributed by atoms with Gasteiger partial charge in [0.2, 0.25) is 0 Å². The number of pyridine rings is 1. The minimum absolute atomic E-state index is 0.0148. The van der Waals surface area contributed by atoms with Gasteiger partial charge in [-0.3, -0.25) is 0 Å². The van der Waals surface area contributed by atoms with Crippen LogP contribution in [0.25, 0.3) is 0 Å². The van der Waals surface area contributed by atoms with Gasteiger partial charge in [-0.25, -0.2) is 4.98 Å². The molecule has 2 atom stereocenters. The van der Waals surface area contributed by atoms with E-state index in [1.54, 1.807) is 4.90 Å². The molecule has 0 saturated carbocycles. The second-order valence-corrected chi connectivity index (χ2v) is 10.2. The number of nitrogens with one attached hydrogen (secondary N) is 1. The van der Waals surface area contributed by atoms with E-state index in [1.165, 1.54) is 12.3 Å². The summed E-state index contributed by atoms with van der Waals surface area (Å²) in [5.41, 5.74) is 0.844. The van der Waals surface area contributed by atoms with Crippen molar-refractivity contribution in [3.8, 4) is 12.1 Å². The number of alkyl halides is 3. The monoisotopic (exact) mass is 530 g/mol. The van der Waals surface area contributed by atoms with Gasteiger partial charge in [0.25, 0.3) is 0 Å². The normalized spacial score (nSPS) is 22.6. The van der Waals surface area contributed by atoms with E-state index in [-0.39, 0.29) is 30.5 Å². The number of nitriles is 1. The molecule has 3 aliphatic rings. The highest BCUT2D eigenvalue weighted by molar-refractivity contribution is 5.55. The molecule has 5 heterocycles. The summed E-state index contributed by atoms with van der Waals surface area (Å²) in [4.78, 5) is 19.8. The molecule has 0 spiro atoms. The van der Waals surface area contributed by atoms with E-state index in [9.17, 15) is 18.4 Å². The van der Waals surface area contributed by atoms with Crippen molar-refractivity contribution in [1.29, 1.82) is 5.26 Å². The molecule has 0 amide bonds. The molecule has 0 unspecified atom stereocenters. The van der Waals surface area contributed by atoms with Gasteiger partial charge in [-0.05, 0) is 51.4 Å². The van der Waals surface area contributed by atoms with E-state index < -0.39 is 11.7 Å². The molecule has 0 bridgehead atoms. The summed E-state index contributed by atoms with van der Waals surface area (Å²) in [5.74, 6) is 0.674. The maximum atomic E-state index is 13.8. The zero-order valence-electron chi connectivity index (χ0n) is 21.5. The molecule has 0 radical (unpaired) electrons. The van der Waals surface area contributed by atoms with Gasteiger partial charge in [0.1, 0.15) is 18.2 Å². The van der Waals surface area contributed by atoms with Crippen LogP contribution < -0.4 is 19.9 Å². The average Bonchev–Trinajstić information content (AvgIpc) is 3.19. The molecule has 38 heavy (non-hydrogen) atoms. The quantitative estimate of drug-likeness (QED) is 0.605. The number of fused-ring (bicyclic) bond motifs is 1. The van der Waals surface area contributed by atoms with Crippen molar-refractivity contribution in [3.05, 3.63) is 35.2 Å². The van der Waals surface area contributed by atoms with Gasteiger partial charge in [0.05, 0.1) is 30.3 Å². The topological polar surface area (TPSA) is 93.4 Å². The second-order valence-electron chi connectivity index (χ2n) is 10.2. The molecule has 2 aromatic heterocycles. The number of likely N-dealkylation sites (N-methyl/N-ethyl adjacent to an activating group) is 1. The maximum Gasteiger partial charge on any atom is 0.419 e. The molecule has 3 aliphatic heterocycles. The number of likely N-dealkylation sites (tertiary alicyclic amines) is 1.